The highest BCUT2D eigenvalue weighted by Crippen LogP contribution is 2.30. The number of nitrogen functional groups attached to an aromatic ring is 1. The lowest BCUT2D eigenvalue weighted by Gasteiger charge is -2.06. The van der Waals surface area contributed by atoms with Crippen LogP contribution in [0, 0.1) is 0 Å². The van der Waals surface area contributed by atoms with Crippen molar-refractivity contribution in [3.63, 3.8) is 0 Å². The number of rotatable bonds is 6. The molecule has 0 aliphatic heterocycles. The summed E-state index contributed by atoms with van der Waals surface area (Å²) in [7, 11) is 1.66. The molecule has 1 aromatic heterocycles. The van der Waals surface area contributed by atoms with Gasteiger partial charge in [0.2, 0.25) is 5.16 Å². The molecular formula is C17H16Cl2N4OS. The van der Waals surface area contributed by atoms with Gasteiger partial charge in [-0.3, -0.25) is 0 Å². The highest BCUT2D eigenvalue weighted by molar-refractivity contribution is 7.99. The Morgan fingerprint density at radius 2 is 1.88 bits per heavy atom. The molecule has 3 rings (SSSR count). The molecule has 0 spiro atoms. The number of benzene rings is 2. The highest BCUT2D eigenvalue weighted by Gasteiger charge is 2.15. The molecule has 130 valence electrons. The minimum Gasteiger partial charge on any atom is -0.497 e. The smallest absolute Gasteiger partial charge is 0.210 e. The molecule has 5 nitrogen and oxygen atoms in total. The van der Waals surface area contributed by atoms with Gasteiger partial charge in [-0.1, -0.05) is 47.1 Å². The number of nitrogens with zero attached hydrogens (tertiary/aromatic N) is 3. The second-order valence-electron chi connectivity index (χ2n) is 5.25. The van der Waals surface area contributed by atoms with Gasteiger partial charge >= 0.3 is 0 Å². The fraction of sp³-hybridized carbons (Fsp3) is 0.176. The number of hydrogen-bond acceptors (Lipinski definition) is 5. The zero-order valence-corrected chi connectivity index (χ0v) is 15.8. The molecule has 0 radical (unpaired) electrons. The predicted octanol–water partition coefficient (Wildman–Crippen LogP) is 4.31. The van der Waals surface area contributed by atoms with Gasteiger partial charge in [0.1, 0.15) is 5.75 Å². The van der Waals surface area contributed by atoms with E-state index in [9.17, 15) is 0 Å². The van der Waals surface area contributed by atoms with Crippen molar-refractivity contribution in [3.8, 4) is 17.1 Å². The van der Waals surface area contributed by atoms with Gasteiger partial charge in [-0.25, -0.2) is 4.68 Å². The number of methoxy groups -OCH3 is 1. The predicted molar refractivity (Wildman–Crippen MR) is 103 cm³/mol. The first-order valence-corrected chi connectivity index (χ1v) is 9.24. The molecule has 0 unspecified atom stereocenters. The van der Waals surface area contributed by atoms with Crippen LogP contribution in [-0.2, 0) is 6.42 Å². The third kappa shape index (κ3) is 4.21. The zero-order valence-electron chi connectivity index (χ0n) is 13.4. The van der Waals surface area contributed by atoms with Gasteiger partial charge in [0, 0.05) is 16.3 Å². The van der Waals surface area contributed by atoms with Crippen LogP contribution in [0.3, 0.4) is 0 Å². The minimum absolute atomic E-state index is 0.487. The molecule has 8 heteroatoms. The first-order valence-electron chi connectivity index (χ1n) is 7.50. The Labute approximate surface area is 160 Å². The number of nitrogens with two attached hydrogens (primary N) is 1. The summed E-state index contributed by atoms with van der Waals surface area (Å²) in [5.41, 5.74) is 1.92. The van der Waals surface area contributed by atoms with E-state index >= 15 is 0 Å². The molecule has 0 aliphatic rings. The van der Waals surface area contributed by atoms with Gasteiger partial charge in [0.15, 0.2) is 5.82 Å². The molecule has 0 atom stereocenters. The Bertz CT molecular complexity index is 868. The van der Waals surface area contributed by atoms with Crippen molar-refractivity contribution in [1.29, 1.82) is 0 Å². The molecule has 25 heavy (non-hydrogen) atoms. The van der Waals surface area contributed by atoms with Crippen LogP contribution in [-0.4, -0.2) is 27.7 Å². The van der Waals surface area contributed by atoms with Crippen LogP contribution < -0.4 is 10.6 Å². The third-order valence-corrected chi connectivity index (χ3v) is 5.11. The molecule has 0 aliphatic carbocycles. The lowest BCUT2D eigenvalue weighted by Crippen LogP contribution is -2.12. The molecule has 2 aromatic carbocycles. The SMILES string of the molecule is COc1ccc(CCSc2nnc(-c3ccc(Cl)cc3Cl)n2N)cc1. The summed E-state index contributed by atoms with van der Waals surface area (Å²) in [6.45, 7) is 0. The largest absolute Gasteiger partial charge is 0.497 e. The van der Waals surface area contributed by atoms with Gasteiger partial charge < -0.3 is 10.6 Å². The van der Waals surface area contributed by atoms with Crippen LogP contribution in [0.1, 0.15) is 5.56 Å². The Kier molecular flexibility index (Phi) is 5.73. The van der Waals surface area contributed by atoms with E-state index in [0.717, 1.165) is 17.9 Å². The fourth-order valence-electron chi connectivity index (χ4n) is 2.28. The van der Waals surface area contributed by atoms with E-state index in [1.807, 2.05) is 24.3 Å². The van der Waals surface area contributed by atoms with Crippen molar-refractivity contribution >= 4 is 35.0 Å². The Hall–Kier alpha value is -1.89. The van der Waals surface area contributed by atoms with Gasteiger partial charge in [-0.15, -0.1) is 10.2 Å². The van der Waals surface area contributed by atoms with Gasteiger partial charge in [-0.2, -0.15) is 0 Å². The van der Waals surface area contributed by atoms with Crippen molar-refractivity contribution < 1.29 is 4.74 Å². The molecule has 2 N–H and O–H groups in total. The quantitative estimate of drug-likeness (QED) is 0.498. The molecule has 0 saturated heterocycles. The number of aryl methyl sites for hydroxylation is 1. The molecule has 0 amide bonds. The van der Waals surface area contributed by atoms with Gasteiger partial charge in [0.25, 0.3) is 0 Å². The maximum Gasteiger partial charge on any atom is 0.210 e. The lowest BCUT2D eigenvalue weighted by atomic mass is 10.2. The van der Waals surface area contributed by atoms with Crippen LogP contribution >= 0.6 is 35.0 Å². The second-order valence-corrected chi connectivity index (χ2v) is 7.15. The lowest BCUT2D eigenvalue weighted by molar-refractivity contribution is 0.414. The van der Waals surface area contributed by atoms with E-state index in [-0.39, 0.29) is 0 Å². The number of halogens is 2. The first-order chi connectivity index (χ1) is 12.1. The van der Waals surface area contributed by atoms with Crippen LogP contribution in [0.5, 0.6) is 5.75 Å². The van der Waals surface area contributed by atoms with E-state index in [1.54, 1.807) is 37.1 Å². The van der Waals surface area contributed by atoms with E-state index in [0.29, 0.717) is 26.6 Å². The molecule has 0 bridgehead atoms. The van der Waals surface area contributed by atoms with E-state index in [4.69, 9.17) is 33.8 Å². The highest BCUT2D eigenvalue weighted by atomic mass is 35.5. The molecule has 0 saturated carbocycles. The first kappa shape index (κ1) is 17.9. The summed E-state index contributed by atoms with van der Waals surface area (Å²) in [6, 6.07) is 13.2. The summed E-state index contributed by atoms with van der Waals surface area (Å²) in [5, 5.41) is 9.98. The molecule has 3 aromatic rings. The Morgan fingerprint density at radius 3 is 2.56 bits per heavy atom. The normalized spacial score (nSPS) is 10.8. The average Bonchev–Trinajstić information content (AvgIpc) is 2.96. The number of hydrogen-bond donors (Lipinski definition) is 1. The summed E-state index contributed by atoms with van der Waals surface area (Å²) >= 11 is 13.7. The van der Waals surface area contributed by atoms with Gasteiger partial charge in [-0.05, 0) is 42.3 Å². The fourth-order valence-corrected chi connectivity index (χ4v) is 3.62. The molecule has 0 fully saturated rings. The maximum atomic E-state index is 6.22. The number of aromatic nitrogens is 3. The monoisotopic (exact) mass is 394 g/mol. The van der Waals surface area contributed by atoms with Crippen LogP contribution in [0.25, 0.3) is 11.4 Å². The van der Waals surface area contributed by atoms with Crippen LogP contribution in [0.2, 0.25) is 10.0 Å². The number of ether oxygens (including phenoxy) is 1. The summed E-state index contributed by atoms with van der Waals surface area (Å²) < 4.78 is 6.61. The topological polar surface area (TPSA) is 66.0 Å². The van der Waals surface area contributed by atoms with Crippen molar-refractivity contribution in [1.82, 2.24) is 14.9 Å². The Morgan fingerprint density at radius 1 is 1.12 bits per heavy atom. The summed E-state index contributed by atoms with van der Waals surface area (Å²) in [4.78, 5) is 0. The van der Waals surface area contributed by atoms with Crippen molar-refractivity contribution in [2.45, 2.75) is 11.6 Å². The maximum absolute atomic E-state index is 6.22. The van der Waals surface area contributed by atoms with Gasteiger partial charge in [0.05, 0.1) is 12.1 Å². The standard InChI is InChI=1S/C17H16Cl2N4OS/c1-24-13-5-2-11(3-6-13)8-9-25-17-22-21-16(23(17)20)14-7-4-12(18)10-15(14)19/h2-7,10H,8-9,20H2,1H3. The average molecular weight is 395 g/mol. The summed E-state index contributed by atoms with van der Waals surface area (Å²) in [6.07, 6.45) is 0.887. The zero-order chi connectivity index (χ0) is 17.8. The van der Waals surface area contributed by atoms with Crippen LogP contribution in [0.15, 0.2) is 47.6 Å². The van der Waals surface area contributed by atoms with Crippen LogP contribution in [0.4, 0.5) is 0 Å². The Balaban J connectivity index is 1.66. The summed E-state index contributed by atoms with van der Waals surface area (Å²) in [5.74, 6) is 8.31. The van der Waals surface area contributed by atoms with Crippen molar-refractivity contribution in [2.75, 3.05) is 18.7 Å². The van der Waals surface area contributed by atoms with E-state index in [2.05, 4.69) is 10.2 Å². The van der Waals surface area contributed by atoms with E-state index in [1.165, 1.54) is 10.2 Å². The third-order valence-electron chi connectivity index (χ3n) is 3.62. The van der Waals surface area contributed by atoms with E-state index < -0.39 is 0 Å². The number of thioether (sulfide) groups is 1. The molecular weight excluding hydrogens is 379 g/mol. The second kappa shape index (κ2) is 7.99. The van der Waals surface area contributed by atoms with Crippen molar-refractivity contribution in [3.05, 3.63) is 58.1 Å². The minimum atomic E-state index is 0.487. The molecule has 1 heterocycles. The van der Waals surface area contributed by atoms with Crippen molar-refractivity contribution in [2.24, 2.45) is 0 Å².